The summed E-state index contributed by atoms with van der Waals surface area (Å²) in [5, 5.41) is 0. The van der Waals surface area contributed by atoms with Gasteiger partial charge >= 0.3 is 0 Å². The topological polar surface area (TPSA) is 30.0 Å². The minimum atomic E-state index is -2.30. The second kappa shape index (κ2) is 6.30. The van der Waals surface area contributed by atoms with E-state index < -0.39 is 13.7 Å². The zero-order chi connectivity index (χ0) is 25.3. The van der Waals surface area contributed by atoms with Crippen molar-refractivity contribution in [2.24, 2.45) is 21.1 Å². The molecule has 5 heteroatoms. The molecule has 4 aromatic rings. The number of hydrogen-bond acceptors (Lipinski definition) is 1. The lowest BCUT2D eigenvalue weighted by Gasteiger charge is -2.10. The van der Waals surface area contributed by atoms with E-state index in [0.717, 1.165) is 28.2 Å². The fraction of sp³-hybridized carbons (Fsp3) is 0.348. The summed E-state index contributed by atoms with van der Waals surface area (Å²) in [5.41, 5.74) is 5.78. The molecule has 0 N–H and O–H groups in total. The normalized spacial score (nSPS) is 15.6. The van der Waals surface area contributed by atoms with Crippen LogP contribution in [0.25, 0.3) is 28.6 Å². The van der Waals surface area contributed by atoms with Crippen LogP contribution in [0.15, 0.2) is 30.6 Å². The molecule has 4 heterocycles. The molecule has 0 aliphatic rings. The van der Waals surface area contributed by atoms with E-state index in [9.17, 15) is 0 Å². The van der Waals surface area contributed by atoms with Gasteiger partial charge in [-0.15, -0.1) is 0 Å². The number of rotatable bonds is 2. The van der Waals surface area contributed by atoms with Crippen LogP contribution in [-0.4, -0.2) is 14.0 Å². The lowest BCUT2D eigenvalue weighted by atomic mass is 10.0. The summed E-state index contributed by atoms with van der Waals surface area (Å²) in [7, 11) is 5.60. The van der Waals surface area contributed by atoms with Crippen LogP contribution in [0.3, 0.4) is 0 Å². The van der Waals surface area contributed by atoms with Gasteiger partial charge in [-0.25, -0.2) is 4.98 Å². The average molecular weight is 382 g/mol. The smallest absolute Gasteiger partial charge is 0.280 e. The second-order valence-electron chi connectivity index (χ2n) is 7.49. The first kappa shape index (κ1) is 12.5. The minimum Gasteiger partial charge on any atom is -0.308 e. The van der Waals surface area contributed by atoms with Crippen LogP contribution < -0.4 is 9.13 Å². The Morgan fingerprint density at radius 1 is 1.04 bits per heavy atom. The SMILES string of the molecule is [2H]C([2H])([2H])c1cc(C)c(-c2cn3c(C)c(C([2H])([2H])[2H])nc3n2C)[n+](C)c1-c1ccc(C)c[n+]1C. The van der Waals surface area contributed by atoms with Crippen molar-refractivity contribution in [2.45, 2.75) is 34.5 Å². The molecule has 0 saturated carbocycles. The second-order valence-corrected chi connectivity index (χ2v) is 7.49. The zero-order valence-electron chi connectivity index (χ0n) is 23.1. The van der Waals surface area contributed by atoms with Crippen LogP contribution in [0.2, 0.25) is 0 Å². The van der Waals surface area contributed by atoms with Crippen LogP contribution in [-0.2, 0) is 21.1 Å². The highest BCUT2D eigenvalue weighted by atomic mass is 15.2. The Bertz CT molecular complexity index is 1440. The van der Waals surface area contributed by atoms with Crippen molar-refractivity contribution in [2.75, 3.05) is 0 Å². The van der Waals surface area contributed by atoms with E-state index in [4.69, 9.17) is 8.22 Å². The van der Waals surface area contributed by atoms with E-state index >= 15 is 0 Å². The Hall–Kier alpha value is -2.95. The number of hydrogen-bond donors (Lipinski definition) is 0. The molecule has 5 nitrogen and oxygen atoms in total. The maximum Gasteiger partial charge on any atom is 0.280 e. The van der Waals surface area contributed by atoms with Crippen molar-refractivity contribution >= 4 is 5.78 Å². The highest BCUT2D eigenvalue weighted by Crippen LogP contribution is 2.28. The largest absolute Gasteiger partial charge is 0.308 e. The minimum absolute atomic E-state index is 0.0795. The van der Waals surface area contributed by atoms with Crippen molar-refractivity contribution in [1.29, 1.82) is 0 Å². The Labute approximate surface area is 175 Å². The van der Waals surface area contributed by atoms with E-state index in [1.807, 2.05) is 73.2 Å². The highest BCUT2D eigenvalue weighted by Gasteiger charge is 2.29. The van der Waals surface area contributed by atoms with Crippen molar-refractivity contribution in [3.63, 3.8) is 0 Å². The highest BCUT2D eigenvalue weighted by molar-refractivity contribution is 5.64. The lowest BCUT2D eigenvalue weighted by Crippen LogP contribution is -2.41. The number of aromatic nitrogens is 5. The van der Waals surface area contributed by atoms with Crippen LogP contribution in [0.4, 0.5) is 0 Å². The quantitative estimate of drug-likeness (QED) is 0.491. The molecule has 0 spiro atoms. The van der Waals surface area contributed by atoms with E-state index in [2.05, 4.69) is 4.98 Å². The molecule has 0 aromatic carbocycles. The van der Waals surface area contributed by atoms with E-state index in [1.54, 1.807) is 17.4 Å². The van der Waals surface area contributed by atoms with Gasteiger partial charge < -0.3 is 4.57 Å². The molecule has 4 rings (SSSR count). The van der Waals surface area contributed by atoms with Crippen LogP contribution in [0.1, 0.15) is 36.3 Å². The molecule has 0 amide bonds. The molecule has 0 bridgehead atoms. The van der Waals surface area contributed by atoms with E-state index in [-0.39, 0.29) is 11.3 Å². The predicted octanol–water partition coefficient (Wildman–Crippen LogP) is 3.20. The van der Waals surface area contributed by atoms with Gasteiger partial charge in [0.05, 0.1) is 5.69 Å². The fourth-order valence-electron chi connectivity index (χ4n) is 4.01. The van der Waals surface area contributed by atoms with Gasteiger partial charge in [0.15, 0.2) is 6.20 Å². The van der Waals surface area contributed by atoms with Crippen LogP contribution in [0.5, 0.6) is 0 Å². The molecule has 0 saturated heterocycles. The predicted molar refractivity (Wildman–Crippen MR) is 111 cm³/mol. The number of pyridine rings is 2. The number of imidazole rings is 2. The molecule has 0 radical (unpaired) electrons. The molecule has 144 valence electrons. The number of fused-ring (bicyclic) bond motifs is 1. The summed E-state index contributed by atoms with van der Waals surface area (Å²) in [4.78, 5) is 4.41. The van der Waals surface area contributed by atoms with Crippen molar-refractivity contribution in [3.8, 4) is 22.8 Å². The molecular weight excluding hydrogens is 346 g/mol. The van der Waals surface area contributed by atoms with Gasteiger partial charge in [0, 0.05) is 49.9 Å². The molecule has 0 aliphatic heterocycles. The standard InChI is InChI=1S/C23H29N5/c1-14-9-10-19(25(6)12-14)21-15(2)11-16(3)22(27(21)8)20-13-28-18(5)17(4)24-23(28)26(20)7/h9-13H,1-8H3/q+2/i2D3,4D3. The lowest BCUT2D eigenvalue weighted by molar-refractivity contribution is -0.685. The van der Waals surface area contributed by atoms with Gasteiger partial charge in [0.1, 0.15) is 19.8 Å². The Kier molecular flexibility index (Phi) is 2.81. The van der Waals surface area contributed by atoms with Gasteiger partial charge in [-0.2, -0.15) is 9.13 Å². The summed E-state index contributed by atoms with van der Waals surface area (Å²) < 4.78 is 55.4. The molecular formula is C23H29N5+2. The molecule has 28 heavy (non-hydrogen) atoms. The van der Waals surface area contributed by atoms with Crippen molar-refractivity contribution in [1.82, 2.24) is 14.0 Å². The van der Waals surface area contributed by atoms with E-state index in [1.165, 1.54) is 0 Å². The van der Waals surface area contributed by atoms with Crippen molar-refractivity contribution in [3.05, 3.63) is 58.7 Å². The van der Waals surface area contributed by atoms with Crippen molar-refractivity contribution < 1.29 is 17.4 Å². The first-order valence-corrected chi connectivity index (χ1v) is 9.19. The maximum atomic E-state index is 8.20. The Morgan fingerprint density at radius 3 is 2.46 bits per heavy atom. The summed E-state index contributed by atoms with van der Waals surface area (Å²) in [5.74, 6) is 0.514. The zero-order valence-corrected chi connectivity index (χ0v) is 17.1. The third-order valence-corrected chi connectivity index (χ3v) is 5.47. The third kappa shape index (κ3) is 2.57. The number of aryl methyl sites for hydroxylation is 7. The monoisotopic (exact) mass is 381 g/mol. The summed E-state index contributed by atoms with van der Waals surface area (Å²) in [6.07, 6.45) is 3.83. The summed E-state index contributed by atoms with van der Waals surface area (Å²) >= 11 is 0. The third-order valence-electron chi connectivity index (χ3n) is 5.47. The van der Waals surface area contributed by atoms with Crippen LogP contribution >= 0.6 is 0 Å². The molecule has 4 aromatic heterocycles. The van der Waals surface area contributed by atoms with Gasteiger partial charge in [0.2, 0.25) is 11.5 Å². The molecule has 0 unspecified atom stereocenters. The van der Waals surface area contributed by atoms with Gasteiger partial charge in [-0.3, -0.25) is 4.40 Å². The molecule has 0 atom stereocenters. The fourth-order valence-corrected chi connectivity index (χ4v) is 4.01. The van der Waals surface area contributed by atoms with Gasteiger partial charge in [-0.1, -0.05) is 0 Å². The first-order valence-electron chi connectivity index (χ1n) is 12.2. The molecule has 0 aliphatic carbocycles. The average Bonchev–Trinajstić information content (AvgIpc) is 3.19. The maximum absolute atomic E-state index is 8.20. The van der Waals surface area contributed by atoms with Crippen LogP contribution in [0, 0.1) is 34.5 Å². The first-order chi connectivity index (χ1) is 15.6. The Balaban J connectivity index is 2.06. The molecule has 0 fully saturated rings. The van der Waals surface area contributed by atoms with E-state index in [0.29, 0.717) is 17.2 Å². The Morgan fingerprint density at radius 2 is 1.82 bits per heavy atom. The van der Waals surface area contributed by atoms with Gasteiger partial charge in [-0.05, 0) is 46.6 Å². The summed E-state index contributed by atoms with van der Waals surface area (Å²) in [6.45, 7) is 1.02. The van der Waals surface area contributed by atoms with Gasteiger partial charge in [0.25, 0.3) is 11.4 Å². The summed E-state index contributed by atoms with van der Waals surface area (Å²) in [6, 6.07) is 5.63. The number of nitrogens with zero attached hydrogens (tertiary/aromatic N) is 5.